The molecule has 2 aromatic rings. The number of benzene rings is 2. The van der Waals surface area contributed by atoms with E-state index in [0.29, 0.717) is 0 Å². The van der Waals surface area contributed by atoms with Crippen LogP contribution in [0.3, 0.4) is 0 Å². The van der Waals surface area contributed by atoms with Crippen molar-refractivity contribution in [2.75, 3.05) is 39.3 Å². The maximum atomic E-state index is 3.28. The summed E-state index contributed by atoms with van der Waals surface area (Å²) in [4.78, 5) is 4.83. The van der Waals surface area contributed by atoms with Crippen molar-refractivity contribution in [1.29, 1.82) is 0 Å². The lowest BCUT2D eigenvalue weighted by Gasteiger charge is -2.32. The highest BCUT2D eigenvalue weighted by Crippen LogP contribution is 2.01. The van der Waals surface area contributed by atoms with E-state index in [9.17, 15) is 0 Å². The molecule has 1 heterocycles. The van der Waals surface area contributed by atoms with E-state index in [4.69, 9.17) is 0 Å². The van der Waals surface area contributed by atoms with Crippen LogP contribution in [0.4, 0.5) is 0 Å². The lowest BCUT2D eigenvalue weighted by molar-refractivity contribution is 0.157. The number of hydrogen-bond acceptors (Lipinski definition) is 2. The van der Waals surface area contributed by atoms with Crippen molar-refractivity contribution in [3.05, 3.63) is 71.8 Å². The molecule has 1 aliphatic heterocycles. The highest BCUT2D eigenvalue weighted by molar-refractivity contribution is 5.34. The minimum atomic E-state index is 0.846. The molecule has 0 N–H and O–H groups in total. The van der Waals surface area contributed by atoms with Gasteiger partial charge in [0.1, 0.15) is 0 Å². The minimum absolute atomic E-state index is 0.846. The minimum Gasteiger partial charge on any atom is -0.290 e. The summed E-state index contributed by atoms with van der Waals surface area (Å²) in [5.74, 6) is 13.0. The molecule has 0 spiro atoms. The lowest BCUT2D eigenvalue weighted by atomic mass is 10.2. The number of hydrogen-bond donors (Lipinski definition) is 0. The Bertz CT molecular complexity index is 669. The Balaban J connectivity index is 1.40. The molecule has 1 aliphatic rings. The van der Waals surface area contributed by atoms with Gasteiger partial charge in [0.05, 0.1) is 13.1 Å². The summed E-state index contributed by atoms with van der Waals surface area (Å²) in [6.45, 7) is 5.96. The second kappa shape index (κ2) is 8.94. The van der Waals surface area contributed by atoms with Gasteiger partial charge >= 0.3 is 0 Å². The van der Waals surface area contributed by atoms with Crippen LogP contribution in [0.2, 0.25) is 0 Å². The van der Waals surface area contributed by atoms with Gasteiger partial charge in [-0.25, -0.2) is 0 Å². The van der Waals surface area contributed by atoms with Crippen LogP contribution < -0.4 is 0 Å². The molecule has 120 valence electrons. The van der Waals surface area contributed by atoms with Gasteiger partial charge in [-0.15, -0.1) is 0 Å². The fourth-order valence-corrected chi connectivity index (χ4v) is 2.66. The third-order valence-electron chi connectivity index (χ3n) is 4.08. The normalized spacial score (nSPS) is 15.0. The van der Waals surface area contributed by atoms with Gasteiger partial charge in [0.2, 0.25) is 0 Å². The van der Waals surface area contributed by atoms with Crippen molar-refractivity contribution in [2.24, 2.45) is 0 Å². The first-order chi connectivity index (χ1) is 11.9. The summed E-state index contributed by atoms with van der Waals surface area (Å²) in [7, 11) is 0. The van der Waals surface area contributed by atoms with E-state index in [2.05, 4.69) is 57.7 Å². The summed E-state index contributed by atoms with van der Waals surface area (Å²) in [5, 5.41) is 0. The van der Waals surface area contributed by atoms with E-state index in [1.165, 1.54) is 0 Å². The summed E-state index contributed by atoms with van der Waals surface area (Å²) < 4.78 is 0. The van der Waals surface area contributed by atoms with E-state index in [0.717, 1.165) is 50.4 Å². The van der Waals surface area contributed by atoms with Crippen LogP contribution in [0.15, 0.2) is 60.7 Å². The van der Waals surface area contributed by atoms with Crippen LogP contribution in [-0.4, -0.2) is 49.1 Å². The molecular weight excluding hydrogens is 292 g/mol. The molecule has 24 heavy (non-hydrogen) atoms. The van der Waals surface area contributed by atoms with E-state index < -0.39 is 0 Å². The molecule has 2 nitrogen and oxygen atoms in total. The van der Waals surface area contributed by atoms with Gasteiger partial charge in [0.25, 0.3) is 0 Å². The Labute approximate surface area is 145 Å². The zero-order valence-corrected chi connectivity index (χ0v) is 13.9. The molecule has 3 rings (SSSR count). The van der Waals surface area contributed by atoms with Crippen LogP contribution in [0.1, 0.15) is 11.1 Å². The fourth-order valence-electron chi connectivity index (χ4n) is 2.66. The summed E-state index contributed by atoms with van der Waals surface area (Å²) >= 11 is 0. The molecule has 0 amide bonds. The summed E-state index contributed by atoms with van der Waals surface area (Å²) in [6.07, 6.45) is 0. The van der Waals surface area contributed by atoms with Crippen molar-refractivity contribution >= 4 is 0 Å². The molecule has 0 aromatic heterocycles. The Morgan fingerprint density at radius 2 is 0.958 bits per heavy atom. The molecule has 0 aliphatic carbocycles. The summed E-state index contributed by atoms with van der Waals surface area (Å²) in [6, 6.07) is 20.4. The van der Waals surface area contributed by atoms with Crippen LogP contribution >= 0.6 is 0 Å². The molecule has 1 saturated heterocycles. The molecule has 0 unspecified atom stereocenters. The van der Waals surface area contributed by atoms with Crippen molar-refractivity contribution in [2.45, 2.75) is 0 Å². The highest BCUT2D eigenvalue weighted by Gasteiger charge is 2.14. The number of nitrogens with zero attached hydrogens (tertiary/aromatic N) is 2. The van der Waals surface area contributed by atoms with Gasteiger partial charge in [-0.2, -0.15) is 0 Å². The zero-order valence-electron chi connectivity index (χ0n) is 13.9. The molecule has 0 bridgehead atoms. The largest absolute Gasteiger partial charge is 0.290 e. The number of rotatable bonds is 2. The Morgan fingerprint density at radius 1 is 0.583 bits per heavy atom. The van der Waals surface area contributed by atoms with E-state index >= 15 is 0 Å². The topological polar surface area (TPSA) is 6.48 Å². The Morgan fingerprint density at radius 3 is 1.33 bits per heavy atom. The molecular formula is C22H22N2. The van der Waals surface area contributed by atoms with Crippen molar-refractivity contribution in [3.8, 4) is 23.7 Å². The third-order valence-corrected chi connectivity index (χ3v) is 4.08. The predicted octanol–water partition coefficient (Wildman–Crippen LogP) is 2.71. The molecule has 0 atom stereocenters. The SMILES string of the molecule is C(#Cc1ccccc1)CN1CCN(CC#Cc2ccccc2)CC1. The first-order valence-electron chi connectivity index (χ1n) is 8.43. The average molecular weight is 314 g/mol. The van der Waals surface area contributed by atoms with Crippen molar-refractivity contribution in [3.63, 3.8) is 0 Å². The third kappa shape index (κ3) is 5.28. The second-order valence-electron chi connectivity index (χ2n) is 5.89. The molecule has 1 fully saturated rings. The van der Waals surface area contributed by atoms with Gasteiger partial charge < -0.3 is 0 Å². The van der Waals surface area contributed by atoms with E-state index in [1.807, 2.05) is 36.4 Å². The first-order valence-corrected chi connectivity index (χ1v) is 8.43. The van der Waals surface area contributed by atoms with Crippen LogP contribution in [0.25, 0.3) is 0 Å². The first kappa shape index (κ1) is 16.3. The van der Waals surface area contributed by atoms with E-state index in [1.54, 1.807) is 0 Å². The standard InChI is InChI=1S/C22H22N2/c1-3-9-21(10-4-1)13-7-15-23-17-19-24(20-18-23)16-8-14-22-11-5-2-6-12-22/h1-6,9-12H,15-20H2. The van der Waals surface area contributed by atoms with Crippen molar-refractivity contribution < 1.29 is 0 Å². The number of piperazine rings is 1. The van der Waals surface area contributed by atoms with Crippen LogP contribution in [0.5, 0.6) is 0 Å². The maximum Gasteiger partial charge on any atom is 0.0606 e. The van der Waals surface area contributed by atoms with Gasteiger partial charge in [0.15, 0.2) is 0 Å². The van der Waals surface area contributed by atoms with Crippen molar-refractivity contribution in [1.82, 2.24) is 9.80 Å². The van der Waals surface area contributed by atoms with E-state index in [-0.39, 0.29) is 0 Å². The Hall–Kier alpha value is -2.52. The maximum absolute atomic E-state index is 3.28. The predicted molar refractivity (Wildman–Crippen MR) is 99.5 cm³/mol. The summed E-state index contributed by atoms with van der Waals surface area (Å²) in [5.41, 5.74) is 2.18. The fraction of sp³-hybridized carbons (Fsp3) is 0.273. The smallest absolute Gasteiger partial charge is 0.0606 e. The lowest BCUT2D eigenvalue weighted by Crippen LogP contribution is -2.46. The Kier molecular flexibility index (Phi) is 6.09. The highest BCUT2D eigenvalue weighted by atomic mass is 15.2. The molecule has 0 saturated carbocycles. The van der Waals surface area contributed by atoms with Gasteiger partial charge in [0, 0.05) is 37.3 Å². The van der Waals surface area contributed by atoms with Gasteiger partial charge in [-0.1, -0.05) is 60.1 Å². The monoisotopic (exact) mass is 314 g/mol. The molecule has 2 heteroatoms. The van der Waals surface area contributed by atoms with Gasteiger partial charge in [-0.3, -0.25) is 9.80 Å². The quantitative estimate of drug-likeness (QED) is 0.787. The van der Waals surface area contributed by atoms with Crippen LogP contribution in [-0.2, 0) is 0 Å². The second-order valence-corrected chi connectivity index (χ2v) is 5.89. The molecule has 2 aromatic carbocycles. The molecule has 0 radical (unpaired) electrons. The average Bonchev–Trinajstić information content (AvgIpc) is 2.65. The van der Waals surface area contributed by atoms with Gasteiger partial charge in [-0.05, 0) is 24.3 Å². The van der Waals surface area contributed by atoms with Crippen LogP contribution in [0, 0.1) is 23.7 Å². The zero-order chi connectivity index (χ0) is 16.5.